The minimum absolute atomic E-state index is 0.103. The Morgan fingerprint density at radius 3 is 2.83 bits per heavy atom. The highest BCUT2D eigenvalue weighted by atomic mass is 35.5. The molecule has 1 heterocycles. The molecule has 1 aromatic heterocycles. The number of carbonyl (C=O) groups is 1. The van der Waals surface area contributed by atoms with Gasteiger partial charge in [0.1, 0.15) is 24.2 Å². The van der Waals surface area contributed by atoms with E-state index >= 15 is 0 Å². The lowest BCUT2D eigenvalue weighted by molar-refractivity contribution is -0.144. The van der Waals surface area contributed by atoms with Crippen molar-refractivity contribution in [2.75, 3.05) is 5.88 Å². The van der Waals surface area contributed by atoms with Crippen LogP contribution >= 0.6 is 11.6 Å². The molecule has 0 fully saturated rings. The van der Waals surface area contributed by atoms with Crippen LogP contribution in [0.1, 0.15) is 11.1 Å². The lowest BCUT2D eigenvalue weighted by Gasteiger charge is -2.14. The van der Waals surface area contributed by atoms with Crippen LogP contribution in [0.4, 0.5) is 0 Å². The van der Waals surface area contributed by atoms with Crippen molar-refractivity contribution in [2.24, 2.45) is 0 Å². The molecule has 1 aromatic carbocycles. The van der Waals surface area contributed by atoms with E-state index in [1.54, 1.807) is 24.5 Å². The van der Waals surface area contributed by atoms with Gasteiger partial charge in [-0.25, -0.2) is 4.79 Å². The van der Waals surface area contributed by atoms with Crippen LogP contribution < -0.4 is 9.47 Å². The summed E-state index contributed by atoms with van der Waals surface area (Å²) in [6, 6.07) is 8.22. The summed E-state index contributed by atoms with van der Waals surface area (Å²) in [6.07, 6.45) is 1.86. The van der Waals surface area contributed by atoms with Crippen molar-refractivity contribution in [1.29, 1.82) is 5.26 Å². The Kier molecular flexibility index (Phi) is 5.72. The Morgan fingerprint density at radius 2 is 2.22 bits per heavy atom. The molecule has 0 amide bonds. The normalized spacial score (nSPS) is 11.3. The van der Waals surface area contributed by atoms with Gasteiger partial charge in [0.25, 0.3) is 0 Å². The van der Waals surface area contributed by atoms with Crippen LogP contribution in [0.15, 0.2) is 36.7 Å². The van der Waals surface area contributed by atoms with E-state index in [0.29, 0.717) is 5.75 Å². The van der Waals surface area contributed by atoms with E-state index in [9.17, 15) is 4.79 Å². The van der Waals surface area contributed by atoms with Crippen LogP contribution in [-0.4, -0.2) is 33.3 Å². The second-order valence-corrected chi connectivity index (χ2v) is 4.72. The molecule has 0 aliphatic carbocycles. The van der Waals surface area contributed by atoms with Crippen molar-refractivity contribution in [1.82, 2.24) is 10.2 Å². The van der Waals surface area contributed by atoms with Crippen molar-refractivity contribution in [3.8, 4) is 17.6 Å². The number of nitrogens with zero attached hydrogens (tertiary/aromatic N) is 3. The number of aromatic nitrogens is 2. The first-order chi connectivity index (χ1) is 11.1. The molecule has 8 heteroatoms. The lowest BCUT2D eigenvalue weighted by Crippen LogP contribution is -2.28. The van der Waals surface area contributed by atoms with Crippen LogP contribution in [0.5, 0.6) is 11.5 Å². The molecule has 1 unspecified atom stereocenters. The van der Waals surface area contributed by atoms with Gasteiger partial charge in [-0.3, -0.25) is 0 Å². The van der Waals surface area contributed by atoms with E-state index in [0.717, 1.165) is 5.56 Å². The molecule has 0 saturated heterocycles. The van der Waals surface area contributed by atoms with Crippen LogP contribution in [0.3, 0.4) is 0 Å². The zero-order valence-corrected chi connectivity index (χ0v) is 12.6. The molecule has 0 aliphatic rings. The highest BCUT2D eigenvalue weighted by molar-refractivity contribution is 6.19. The highest BCUT2D eigenvalue weighted by Crippen LogP contribution is 2.26. The fraction of sp³-hybridized carbons (Fsp3) is 0.200. The number of ether oxygens (including phenoxy) is 2. The van der Waals surface area contributed by atoms with E-state index in [2.05, 4.69) is 10.2 Å². The predicted molar refractivity (Wildman–Crippen MR) is 80.3 cm³/mol. The molecule has 2 rings (SSSR count). The first-order valence-corrected chi connectivity index (χ1v) is 7.05. The molecule has 1 N–H and O–H groups in total. The average Bonchev–Trinajstić information content (AvgIpc) is 2.58. The SMILES string of the molecule is N#Cc1ccc(OCc2ccnnc2)cc1OC(CCl)C(=O)O. The highest BCUT2D eigenvalue weighted by Gasteiger charge is 2.20. The number of carboxylic acid groups (broad SMARTS) is 1. The Balaban J connectivity index is 2.15. The summed E-state index contributed by atoms with van der Waals surface area (Å²) in [5.74, 6) is -0.924. The summed E-state index contributed by atoms with van der Waals surface area (Å²) >= 11 is 5.56. The fourth-order valence-electron chi connectivity index (χ4n) is 1.65. The van der Waals surface area contributed by atoms with Crippen LogP contribution in [0.2, 0.25) is 0 Å². The third-order valence-corrected chi connectivity index (χ3v) is 3.09. The maximum atomic E-state index is 11.0. The largest absolute Gasteiger partial charge is 0.489 e. The van der Waals surface area contributed by atoms with Gasteiger partial charge in [-0.15, -0.1) is 11.6 Å². The topological polar surface area (TPSA) is 105 Å². The monoisotopic (exact) mass is 333 g/mol. The smallest absolute Gasteiger partial charge is 0.346 e. The van der Waals surface area contributed by atoms with E-state index < -0.39 is 12.1 Å². The third-order valence-electron chi connectivity index (χ3n) is 2.81. The van der Waals surface area contributed by atoms with Crippen molar-refractivity contribution in [3.63, 3.8) is 0 Å². The zero-order valence-electron chi connectivity index (χ0n) is 11.8. The molecule has 0 aliphatic heterocycles. The van der Waals surface area contributed by atoms with Crippen LogP contribution in [-0.2, 0) is 11.4 Å². The summed E-state index contributed by atoms with van der Waals surface area (Å²) in [5.41, 5.74) is 1.01. The van der Waals surface area contributed by atoms with Gasteiger partial charge in [0.2, 0.25) is 6.10 Å². The van der Waals surface area contributed by atoms with Crippen molar-refractivity contribution >= 4 is 17.6 Å². The Bertz CT molecular complexity index is 718. The maximum Gasteiger partial charge on any atom is 0.346 e. The molecular weight excluding hydrogens is 322 g/mol. The molecule has 0 spiro atoms. The number of halogens is 1. The summed E-state index contributed by atoms with van der Waals surface area (Å²) < 4.78 is 10.9. The Morgan fingerprint density at radius 1 is 1.39 bits per heavy atom. The van der Waals surface area contributed by atoms with Crippen molar-refractivity contribution < 1.29 is 19.4 Å². The zero-order chi connectivity index (χ0) is 16.7. The van der Waals surface area contributed by atoms with E-state index in [-0.39, 0.29) is 23.8 Å². The number of hydrogen-bond donors (Lipinski definition) is 1. The van der Waals surface area contributed by atoms with Gasteiger partial charge in [0, 0.05) is 17.8 Å². The first kappa shape index (κ1) is 16.5. The van der Waals surface area contributed by atoms with Gasteiger partial charge in [0.15, 0.2) is 0 Å². The van der Waals surface area contributed by atoms with Gasteiger partial charge in [0.05, 0.1) is 17.6 Å². The number of nitriles is 1. The minimum Gasteiger partial charge on any atom is -0.489 e. The van der Waals surface area contributed by atoms with Gasteiger partial charge in [-0.05, 0) is 18.2 Å². The number of benzene rings is 1. The quantitative estimate of drug-likeness (QED) is 0.772. The van der Waals surface area contributed by atoms with E-state index in [1.165, 1.54) is 12.1 Å². The molecule has 23 heavy (non-hydrogen) atoms. The minimum atomic E-state index is -1.25. The molecule has 7 nitrogen and oxygen atoms in total. The maximum absolute atomic E-state index is 11.0. The Labute approximate surface area is 137 Å². The third kappa shape index (κ3) is 4.56. The van der Waals surface area contributed by atoms with E-state index in [4.69, 9.17) is 31.4 Å². The molecule has 0 saturated carbocycles. The predicted octanol–water partition coefficient (Wildman–Crippen LogP) is 2.00. The van der Waals surface area contributed by atoms with Gasteiger partial charge >= 0.3 is 5.97 Å². The fourth-order valence-corrected chi connectivity index (χ4v) is 1.85. The van der Waals surface area contributed by atoms with Crippen LogP contribution in [0.25, 0.3) is 0 Å². The number of hydrogen-bond acceptors (Lipinski definition) is 6. The van der Waals surface area contributed by atoms with Gasteiger partial charge in [-0.2, -0.15) is 15.5 Å². The Hall–Kier alpha value is -2.85. The second-order valence-electron chi connectivity index (χ2n) is 4.41. The summed E-state index contributed by atoms with van der Waals surface area (Å²) in [7, 11) is 0. The lowest BCUT2D eigenvalue weighted by atomic mass is 10.2. The molecule has 1 atom stereocenters. The number of alkyl halides is 1. The van der Waals surface area contributed by atoms with Gasteiger partial charge in [-0.1, -0.05) is 0 Å². The molecular formula is C15H12ClN3O4. The summed E-state index contributed by atoms with van der Waals surface area (Å²) in [5, 5.41) is 25.5. The molecule has 0 bridgehead atoms. The van der Waals surface area contributed by atoms with Crippen molar-refractivity contribution in [3.05, 3.63) is 47.8 Å². The first-order valence-electron chi connectivity index (χ1n) is 6.52. The van der Waals surface area contributed by atoms with Crippen molar-refractivity contribution in [2.45, 2.75) is 12.7 Å². The van der Waals surface area contributed by atoms with E-state index in [1.807, 2.05) is 6.07 Å². The molecule has 118 valence electrons. The summed E-state index contributed by atoms with van der Waals surface area (Å²) in [4.78, 5) is 11.0. The standard InChI is InChI=1S/C15H12ClN3O4/c16-6-14(15(20)21)23-13-5-12(2-1-11(13)7-17)22-9-10-3-4-18-19-8-10/h1-5,8,14H,6,9H2,(H,20,21). The average molecular weight is 334 g/mol. The van der Waals surface area contributed by atoms with Gasteiger partial charge < -0.3 is 14.6 Å². The number of rotatable bonds is 7. The van der Waals surface area contributed by atoms with Crippen LogP contribution in [0, 0.1) is 11.3 Å². The molecule has 0 radical (unpaired) electrons. The molecule has 2 aromatic rings. The number of carboxylic acids is 1. The second kappa shape index (κ2) is 7.96. The number of aliphatic carboxylic acids is 1. The summed E-state index contributed by atoms with van der Waals surface area (Å²) in [6.45, 7) is 0.249.